The molecule has 4 rings (SSSR count). The Labute approximate surface area is 136 Å². The van der Waals surface area contributed by atoms with Crippen LogP contribution < -0.4 is 5.56 Å². The molecule has 1 saturated carbocycles. The highest BCUT2D eigenvalue weighted by molar-refractivity contribution is 7.15. The molecular formula is C16H17N3O3S. The molecule has 1 aliphatic carbocycles. The number of imide groups is 1. The van der Waals surface area contributed by atoms with Gasteiger partial charge in [0.2, 0.25) is 11.8 Å². The van der Waals surface area contributed by atoms with E-state index in [2.05, 4.69) is 4.98 Å². The number of thiazole rings is 1. The smallest absolute Gasteiger partial charge is 0.258 e. The fourth-order valence-electron chi connectivity index (χ4n) is 3.77. The maximum absolute atomic E-state index is 12.8. The summed E-state index contributed by atoms with van der Waals surface area (Å²) >= 11 is 1.36. The first-order valence-corrected chi connectivity index (χ1v) is 8.78. The van der Waals surface area contributed by atoms with E-state index in [9.17, 15) is 14.4 Å². The predicted octanol–water partition coefficient (Wildman–Crippen LogP) is 1.97. The van der Waals surface area contributed by atoms with Gasteiger partial charge in [0, 0.05) is 24.1 Å². The molecule has 120 valence electrons. The molecular weight excluding hydrogens is 314 g/mol. The van der Waals surface area contributed by atoms with E-state index in [1.54, 1.807) is 11.6 Å². The van der Waals surface area contributed by atoms with Crippen molar-refractivity contribution < 1.29 is 9.59 Å². The van der Waals surface area contributed by atoms with E-state index in [-0.39, 0.29) is 23.9 Å². The SMILES string of the molecule is O=C1CC2(CCCCC2)C(=O)N1Cc1cc(=O)n2ccsc2n1. The van der Waals surface area contributed by atoms with Crippen LogP contribution in [0.4, 0.5) is 0 Å². The van der Waals surface area contributed by atoms with Crippen LogP contribution in [0.3, 0.4) is 0 Å². The zero-order valence-corrected chi connectivity index (χ0v) is 13.5. The second kappa shape index (κ2) is 5.26. The summed E-state index contributed by atoms with van der Waals surface area (Å²) < 4.78 is 1.46. The number of likely N-dealkylation sites (tertiary alicyclic amines) is 1. The fraction of sp³-hybridized carbons (Fsp3) is 0.500. The van der Waals surface area contributed by atoms with Crippen LogP contribution in [0.2, 0.25) is 0 Å². The number of hydrogen-bond acceptors (Lipinski definition) is 5. The van der Waals surface area contributed by atoms with Crippen molar-refractivity contribution in [1.29, 1.82) is 0 Å². The van der Waals surface area contributed by atoms with Gasteiger partial charge in [-0.2, -0.15) is 0 Å². The van der Waals surface area contributed by atoms with Crippen molar-refractivity contribution in [1.82, 2.24) is 14.3 Å². The highest BCUT2D eigenvalue weighted by Crippen LogP contribution is 2.45. The third kappa shape index (κ3) is 2.30. The normalized spacial score (nSPS) is 20.8. The van der Waals surface area contributed by atoms with Gasteiger partial charge in [0.25, 0.3) is 5.56 Å². The molecule has 0 aromatic carbocycles. The molecule has 23 heavy (non-hydrogen) atoms. The molecule has 1 aliphatic heterocycles. The highest BCUT2D eigenvalue weighted by atomic mass is 32.1. The number of hydrogen-bond donors (Lipinski definition) is 0. The molecule has 2 fully saturated rings. The Hall–Kier alpha value is -2.02. The molecule has 0 atom stereocenters. The van der Waals surface area contributed by atoms with Gasteiger partial charge in [-0.05, 0) is 12.8 Å². The largest absolute Gasteiger partial charge is 0.276 e. The number of aromatic nitrogens is 2. The number of carbonyl (C=O) groups is 2. The van der Waals surface area contributed by atoms with Gasteiger partial charge in [-0.25, -0.2) is 4.98 Å². The monoisotopic (exact) mass is 331 g/mol. The average molecular weight is 331 g/mol. The molecule has 0 N–H and O–H groups in total. The van der Waals surface area contributed by atoms with E-state index in [0.717, 1.165) is 32.1 Å². The van der Waals surface area contributed by atoms with Gasteiger partial charge in [0.05, 0.1) is 17.7 Å². The molecule has 3 heterocycles. The molecule has 2 amide bonds. The standard InChI is InChI=1S/C16H17N3O3S/c20-12-8-11(17-15-18(12)6-7-23-15)10-19-13(21)9-16(14(19)22)4-2-1-3-5-16/h6-8H,1-5,9-10H2. The van der Waals surface area contributed by atoms with E-state index in [0.29, 0.717) is 17.1 Å². The van der Waals surface area contributed by atoms with E-state index in [4.69, 9.17) is 0 Å². The third-order valence-corrected chi connectivity index (χ3v) is 5.73. The van der Waals surface area contributed by atoms with Crippen molar-refractivity contribution in [3.63, 3.8) is 0 Å². The van der Waals surface area contributed by atoms with E-state index in [1.165, 1.54) is 26.7 Å². The molecule has 6 nitrogen and oxygen atoms in total. The van der Waals surface area contributed by atoms with Crippen LogP contribution in [-0.4, -0.2) is 26.1 Å². The lowest BCUT2D eigenvalue weighted by Gasteiger charge is -2.30. The molecule has 1 spiro atoms. The lowest BCUT2D eigenvalue weighted by atomic mass is 9.73. The van der Waals surface area contributed by atoms with Crippen molar-refractivity contribution in [2.75, 3.05) is 0 Å². The van der Waals surface area contributed by atoms with Gasteiger partial charge < -0.3 is 0 Å². The van der Waals surface area contributed by atoms with E-state index < -0.39 is 5.41 Å². The fourth-order valence-corrected chi connectivity index (χ4v) is 4.51. The van der Waals surface area contributed by atoms with Gasteiger partial charge in [-0.1, -0.05) is 19.3 Å². The van der Waals surface area contributed by atoms with Crippen LogP contribution in [-0.2, 0) is 16.1 Å². The number of carbonyl (C=O) groups excluding carboxylic acids is 2. The second-order valence-electron chi connectivity index (χ2n) is 6.44. The Morgan fingerprint density at radius 2 is 1.96 bits per heavy atom. The Balaban J connectivity index is 1.63. The Kier molecular flexibility index (Phi) is 3.33. The lowest BCUT2D eigenvalue weighted by molar-refractivity contribution is -0.143. The Morgan fingerprint density at radius 3 is 2.74 bits per heavy atom. The summed E-state index contributed by atoms with van der Waals surface area (Å²) in [5, 5.41) is 1.79. The minimum absolute atomic E-state index is 0.0737. The van der Waals surface area contributed by atoms with E-state index >= 15 is 0 Å². The van der Waals surface area contributed by atoms with Crippen molar-refractivity contribution in [2.45, 2.75) is 45.1 Å². The van der Waals surface area contributed by atoms with Crippen LogP contribution in [0, 0.1) is 5.41 Å². The minimum Gasteiger partial charge on any atom is -0.276 e. The number of rotatable bonds is 2. The Morgan fingerprint density at radius 1 is 1.17 bits per heavy atom. The molecule has 2 aromatic rings. The number of fused-ring (bicyclic) bond motifs is 1. The third-order valence-electron chi connectivity index (χ3n) is 4.98. The summed E-state index contributed by atoms with van der Waals surface area (Å²) in [6.07, 6.45) is 6.73. The van der Waals surface area contributed by atoms with Gasteiger partial charge in [0.1, 0.15) is 0 Å². The second-order valence-corrected chi connectivity index (χ2v) is 7.32. The molecule has 2 aromatic heterocycles. The summed E-state index contributed by atoms with van der Waals surface area (Å²) in [5.74, 6) is -0.208. The van der Waals surface area contributed by atoms with Crippen LogP contribution in [0.25, 0.3) is 4.96 Å². The maximum Gasteiger partial charge on any atom is 0.258 e. The highest BCUT2D eigenvalue weighted by Gasteiger charge is 2.51. The van der Waals surface area contributed by atoms with Gasteiger partial charge >= 0.3 is 0 Å². The number of nitrogens with zero attached hydrogens (tertiary/aromatic N) is 3. The molecule has 1 saturated heterocycles. The molecule has 7 heteroatoms. The summed E-state index contributed by atoms with van der Waals surface area (Å²) in [4.78, 5) is 43.5. The predicted molar refractivity (Wildman–Crippen MR) is 85.0 cm³/mol. The topological polar surface area (TPSA) is 71.8 Å². The lowest BCUT2D eigenvalue weighted by Crippen LogP contribution is -2.37. The first-order chi connectivity index (χ1) is 11.1. The summed E-state index contributed by atoms with van der Waals surface area (Å²) in [7, 11) is 0. The van der Waals surface area contributed by atoms with Crippen molar-refractivity contribution >= 4 is 28.1 Å². The average Bonchev–Trinajstić information content (AvgIpc) is 3.08. The minimum atomic E-state index is -0.489. The van der Waals surface area contributed by atoms with Crippen molar-refractivity contribution in [2.24, 2.45) is 5.41 Å². The summed E-state index contributed by atoms with van der Waals surface area (Å²) in [6, 6.07) is 1.41. The Bertz CT molecular complexity index is 848. The van der Waals surface area contributed by atoms with E-state index in [1.807, 2.05) is 0 Å². The first kappa shape index (κ1) is 14.6. The van der Waals surface area contributed by atoms with Crippen LogP contribution in [0.1, 0.15) is 44.2 Å². The summed E-state index contributed by atoms with van der Waals surface area (Å²) in [6.45, 7) is 0.100. The molecule has 2 aliphatic rings. The number of amides is 2. The van der Waals surface area contributed by atoms with Crippen molar-refractivity contribution in [3.8, 4) is 0 Å². The van der Waals surface area contributed by atoms with Gasteiger partial charge in [-0.15, -0.1) is 11.3 Å². The molecule has 0 radical (unpaired) electrons. The summed E-state index contributed by atoms with van der Waals surface area (Å²) in [5.41, 5.74) is -0.193. The molecule has 0 bridgehead atoms. The molecule has 0 unspecified atom stereocenters. The van der Waals surface area contributed by atoms with Crippen molar-refractivity contribution in [3.05, 3.63) is 33.7 Å². The van der Waals surface area contributed by atoms with Gasteiger partial charge in [-0.3, -0.25) is 23.7 Å². The van der Waals surface area contributed by atoms with Crippen LogP contribution in [0.5, 0.6) is 0 Å². The zero-order chi connectivity index (χ0) is 16.0. The van der Waals surface area contributed by atoms with Crippen LogP contribution in [0.15, 0.2) is 22.4 Å². The maximum atomic E-state index is 12.8. The van der Waals surface area contributed by atoms with Gasteiger partial charge in [0.15, 0.2) is 4.96 Å². The van der Waals surface area contributed by atoms with Crippen LogP contribution >= 0.6 is 11.3 Å². The first-order valence-electron chi connectivity index (χ1n) is 7.90. The quantitative estimate of drug-likeness (QED) is 0.789. The zero-order valence-electron chi connectivity index (χ0n) is 12.7.